The quantitative estimate of drug-likeness (QED) is 0.716. The van der Waals surface area contributed by atoms with Gasteiger partial charge >= 0.3 is 0 Å². The van der Waals surface area contributed by atoms with Crippen LogP contribution in [0.4, 0.5) is 0 Å². The van der Waals surface area contributed by atoms with Crippen LogP contribution in [-0.4, -0.2) is 50.8 Å². The van der Waals surface area contributed by atoms with Crippen LogP contribution in [0.15, 0.2) is 0 Å². The van der Waals surface area contributed by atoms with Crippen LogP contribution < -0.4 is 5.32 Å². The average Bonchev–Trinajstić information content (AvgIpc) is 2.68. The average molecular weight is 228 g/mol. The molecule has 0 aromatic heterocycles. The van der Waals surface area contributed by atoms with E-state index >= 15 is 0 Å². The van der Waals surface area contributed by atoms with Crippen LogP contribution in [0, 0.1) is 11.8 Å². The Bertz CT molecular complexity index is 179. The monoisotopic (exact) mass is 228 g/mol. The molecule has 2 unspecified atom stereocenters. The third-order valence-corrected chi connectivity index (χ3v) is 3.19. The third-order valence-electron chi connectivity index (χ3n) is 3.19. The van der Waals surface area contributed by atoms with Crippen molar-refractivity contribution < 1.29 is 4.74 Å². The van der Waals surface area contributed by atoms with Gasteiger partial charge in [0.25, 0.3) is 0 Å². The Morgan fingerprint density at radius 3 is 2.62 bits per heavy atom. The van der Waals surface area contributed by atoms with Gasteiger partial charge < -0.3 is 15.0 Å². The van der Waals surface area contributed by atoms with E-state index in [9.17, 15) is 0 Å². The molecule has 96 valence electrons. The second-order valence-electron chi connectivity index (χ2n) is 5.40. The molecule has 0 bridgehead atoms. The van der Waals surface area contributed by atoms with Gasteiger partial charge in [0.05, 0.1) is 6.61 Å². The van der Waals surface area contributed by atoms with E-state index < -0.39 is 0 Å². The number of nitrogens with one attached hydrogen (secondary N) is 1. The van der Waals surface area contributed by atoms with Gasteiger partial charge in [0.15, 0.2) is 0 Å². The summed E-state index contributed by atoms with van der Waals surface area (Å²) in [4.78, 5) is 2.44. The van der Waals surface area contributed by atoms with Crippen molar-refractivity contribution in [3.8, 4) is 0 Å². The highest BCUT2D eigenvalue weighted by atomic mass is 16.5. The molecule has 16 heavy (non-hydrogen) atoms. The molecule has 0 spiro atoms. The summed E-state index contributed by atoms with van der Waals surface area (Å²) in [7, 11) is 2.22. The van der Waals surface area contributed by atoms with Crippen molar-refractivity contribution in [2.75, 3.05) is 39.9 Å². The Labute approximate surface area is 101 Å². The first-order valence-electron chi connectivity index (χ1n) is 6.63. The highest BCUT2D eigenvalue weighted by Crippen LogP contribution is 2.17. The van der Waals surface area contributed by atoms with E-state index in [1.54, 1.807) is 0 Å². The van der Waals surface area contributed by atoms with Crippen LogP contribution in [0.5, 0.6) is 0 Å². The summed E-state index contributed by atoms with van der Waals surface area (Å²) >= 11 is 0. The van der Waals surface area contributed by atoms with Gasteiger partial charge in [-0.05, 0) is 25.9 Å². The van der Waals surface area contributed by atoms with Gasteiger partial charge in [-0.15, -0.1) is 0 Å². The lowest BCUT2D eigenvalue weighted by molar-refractivity contribution is 0.164. The lowest BCUT2D eigenvalue weighted by atomic mass is 9.98. The standard InChI is InChI=1S/C13H28N2O/c1-5-14-13(12-6-7-16-10-12)9-15(4)8-11(2)3/h11-14H,5-10H2,1-4H3. The number of rotatable bonds is 7. The molecule has 1 rings (SSSR count). The van der Waals surface area contributed by atoms with Crippen LogP contribution in [0.1, 0.15) is 27.2 Å². The van der Waals surface area contributed by atoms with Crippen LogP contribution in [-0.2, 0) is 4.74 Å². The second kappa shape index (κ2) is 7.25. The van der Waals surface area contributed by atoms with Gasteiger partial charge in [0.2, 0.25) is 0 Å². The molecular weight excluding hydrogens is 200 g/mol. The molecular formula is C13H28N2O. The second-order valence-corrected chi connectivity index (χ2v) is 5.40. The van der Waals surface area contributed by atoms with Gasteiger partial charge in [-0.2, -0.15) is 0 Å². The lowest BCUT2D eigenvalue weighted by Gasteiger charge is -2.29. The zero-order valence-electron chi connectivity index (χ0n) is 11.3. The van der Waals surface area contributed by atoms with Crippen molar-refractivity contribution in [1.82, 2.24) is 10.2 Å². The zero-order valence-corrected chi connectivity index (χ0v) is 11.3. The van der Waals surface area contributed by atoms with Gasteiger partial charge in [0, 0.05) is 31.7 Å². The van der Waals surface area contributed by atoms with Crippen molar-refractivity contribution >= 4 is 0 Å². The maximum absolute atomic E-state index is 5.49. The molecule has 1 N–H and O–H groups in total. The van der Waals surface area contributed by atoms with E-state index in [2.05, 4.69) is 38.0 Å². The fourth-order valence-corrected chi connectivity index (χ4v) is 2.55. The molecule has 1 aliphatic heterocycles. The van der Waals surface area contributed by atoms with Crippen molar-refractivity contribution in [2.45, 2.75) is 33.2 Å². The van der Waals surface area contributed by atoms with Gasteiger partial charge in [-0.1, -0.05) is 20.8 Å². The minimum atomic E-state index is 0.594. The Hall–Kier alpha value is -0.120. The SMILES string of the molecule is CCNC(CN(C)CC(C)C)C1CCOC1. The molecule has 3 heteroatoms. The smallest absolute Gasteiger partial charge is 0.0510 e. The van der Waals surface area contributed by atoms with Crippen LogP contribution in [0.3, 0.4) is 0 Å². The van der Waals surface area contributed by atoms with Crippen molar-refractivity contribution in [2.24, 2.45) is 11.8 Å². The van der Waals surface area contributed by atoms with E-state index in [0.29, 0.717) is 12.0 Å². The molecule has 1 heterocycles. The first-order valence-corrected chi connectivity index (χ1v) is 6.63. The Kier molecular flexibility index (Phi) is 6.32. The molecule has 3 nitrogen and oxygen atoms in total. The zero-order chi connectivity index (χ0) is 12.0. The molecule has 0 aliphatic carbocycles. The van der Waals surface area contributed by atoms with Gasteiger partial charge in [-0.3, -0.25) is 0 Å². The van der Waals surface area contributed by atoms with Gasteiger partial charge in [-0.25, -0.2) is 0 Å². The summed E-state index contributed by atoms with van der Waals surface area (Å²) < 4.78 is 5.49. The molecule has 0 aromatic carbocycles. The Morgan fingerprint density at radius 2 is 2.12 bits per heavy atom. The molecule has 0 radical (unpaired) electrons. The third kappa shape index (κ3) is 4.81. The molecule has 1 saturated heterocycles. The predicted molar refractivity (Wildman–Crippen MR) is 68.7 cm³/mol. The number of nitrogens with zero attached hydrogens (tertiary/aromatic N) is 1. The van der Waals surface area contributed by atoms with Crippen molar-refractivity contribution in [1.29, 1.82) is 0 Å². The number of likely N-dealkylation sites (N-methyl/N-ethyl adjacent to an activating group) is 2. The summed E-state index contributed by atoms with van der Waals surface area (Å²) in [6.45, 7) is 12.0. The molecule has 0 saturated carbocycles. The first kappa shape index (κ1) is 13.9. The van der Waals surface area contributed by atoms with Crippen LogP contribution in [0.25, 0.3) is 0 Å². The Balaban J connectivity index is 2.37. The number of hydrogen-bond acceptors (Lipinski definition) is 3. The largest absolute Gasteiger partial charge is 0.381 e. The molecule has 2 atom stereocenters. The normalized spacial score (nSPS) is 23.2. The van der Waals surface area contributed by atoms with E-state index in [4.69, 9.17) is 4.74 Å². The van der Waals surface area contributed by atoms with Crippen LogP contribution in [0.2, 0.25) is 0 Å². The van der Waals surface area contributed by atoms with Gasteiger partial charge in [0.1, 0.15) is 0 Å². The summed E-state index contributed by atoms with van der Waals surface area (Å²) in [6, 6.07) is 0.594. The first-order chi connectivity index (χ1) is 7.63. The van der Waals surface area contributed by atoms with E-state index in [1.807, 2.05) is 0 Å². The molecule has 1 aliphatic rings. The highest BCUT2D eigenvalue weighted by molar-refractivity contribution is 4.81. The number of ether oxygens (including phenoxy) is 1. The summed E-state index contributed by atoms with van der Waals surface area (Å²) in [5, 5.41) is 3.61. The fraction of sp³-hybridized carbons (Fsp3) is 1.00. The maximum Gasteiger partial charge on any atom is 0.0510 e. The number of hydrogen-bond donors (Lipinski definition) is 1. The molecule has 0 aromatic rings. The maximum atomic E-state index is 5.49. The van der Waals surface area contributed by atoms with Crippen molar-refractivity contribution in [3.05, 3.63) is 0 Å². The highest BCUT2D eigenvalue weighted by Gasteiger charge is 2.25. The molecule has 0 amide bonds. The van der Waals surface area contributed by atoms with E-state index in [0.717, 1.165) is 32.2 Å². The van der Waals surface area contributed by atoms with Crippen LogP contribution >= 0.6 is 0 Å². The minimum absolute atomic E-state index is 0.594. The fourth-order valence-electron chi connectivity index (χ4n) is 2.55. The molecule has 1 fully saturated rings. The minimum Gasteiger partial charge on any atom is -0.381 e. The lowest BCUT2D eigenvalue weighted by Crippen LogP contribution is -2.45. The van der Waals surface area contributed by atoms with E-state index in [1.165, 1.54) is 13.0 Å². The van der Waals surface area contributed by atoms with E-state index in [-0.39, 0.29) is 0 Å². The predicted octanol–water partition coefficient (Wildman–Crippen LogP) is 1.59. The topological polar surface area (TPSA) is 24.5 Å². The summed E-state index contributed by atoms with van der Waals surface area (Å²) in [5.74, 6) is 1.45. The van der Waals surface area contributed by atoms with Crippen molar-refractivity contribution in [3.63, 3.8) is 0 Å². The Morgan fingerprint density at radius 1 is 1.38 bits per heavy atom. The summed E-state index contributed by atoms with van der Waals surface area (Å²) in [5.41, 5.74) is 0. The summed E-state index contributed by atoms with van der Waals surface area (Å²) in [6.07, 6.45) is 1.22.